The highest BCUT2D eigenvalue weighted by atomic mass is 16.5. The largest absolute Gasteiger partial charge is 0.394 e. The van der Waals surface area contributed by atoms with Crippen LogP contribution in [0, 0.1) is 5.92 Å². The van der Waals surface area contributed by atoms with Gasteiger partial charge in [-0.05, 0) is 12.8 Å². The zero-order chi connectivity index (χ0) is 27.2. The van der Waals surface area contributed by atoms with Gasteiger partial charge in [-0.2, -0.15) is 0 Å². The van der Waals surface area contributed by atoms with Crippen LogP contribution in [0.1, 0.15) is 162 Å². The van der Waals surface area contributed by atoms with Crippen LogP contribution in [0.15, 0.2) is 0 Å². The Balaban J connectivity index is 4.15. The van der Waals surface area contributed by atoms with Crippen LogP contribution in [0.5, 0.6) is 0 Å². The van der Waals surface area contributed by atoms with Crippen molar-refractivity contribution >= 4 is 11.7 Å². The zero-order valence-corrected chi connectivity index (χ0v) is 24.8. The van der Waals surface area contributed by atoms with E-state index in [-0.39, 0.29) is 24.9 Å². The van der Waals surface area contributed by atoms with E-state index < -0.39 is 5.92 Å². The van der Waals surface area contributed by atoms with Gasteiger partial charge in [0.15, 0.2) is 0 Å². The zero-order valence-electron chi connectivity index (χ0n) is 24.8. The van der Waals surface area contributed by atoms with E-state index in [1.807, 2.05) is 0 Å². The van der Waals surface area contributed by atoms with Gasteiger partial charge in [-0.25, -0.2) is 0 Å². The second-order valence-corrected chi connectivity index (χ2v) is 10.9. The first-order chi connectivity index (χ1) is 18.2. The van der Waals surface area contributed by atoms with Crippen LogP contribution in [0.25, 0.3) is 0 Å². The smallest absolute Gasteiger partial charge is 0.230 e. The number of ether oxygens (including phenoxy) is 1. The summed E-state index contributed by atoms with van der Waals surface area (Å²) in [5.41, 5.74) is 0. The Labute approximate surface area is 230 Å². The van der Waals surface area contributed by atoms with Crippen molar-refractivity contribution in [2.24, 2.45) is 5.92 Å². The number of aliphatic hydroxyl groups excluding tert-OH is 1. The maximum absolute atomic E-state index is 12.9. The molecule has 0 aromatic rings. The molecule has 0 saturated carbocycles. The molecule has 1 atom stereocenters. The number of nitrogens with one attached hydrogen (secondary N) is 1. The normalized spacial score (nSPS) is 12.1. The van der Waals surface area contributed by atoms with Gasteiger partial charge in [-0.3, -0.25) is 9.59 Å². The lowest BCUT2D eigenvalue weighted by atomic mass is 9.92. The van der Waals surface area contributed by atoms with E-state index in [1.165, 1.54) is 109 Å². The molecule has 2 N–H and O–H groups in total. The average Bonchev–Trinajstić information content (AvgIpc) is 2.90. The fraction of sp³-hybridized carbons (Fsp3) is 0.938. The van der Waals surface area contributed by atoms with Crippen molar-refractivity contribution in [1.82, 2.24) is 5.32 Å². The van der Waals surface area contributed by atoms with Gasteiger partial charge in [0, 0.05) is 13.0 Å². The minimum absolute atomic E-state index is 0.0211. The Morgan fingerprint density at radius 3 is 1.51 bits per heavy atom. The summed E-state index contributed by atoms with van der Waals surface area (Å²) >= 11 is 0. The number of Topliss-reactive ketones (excluding diaryl/α,β-unsaturated/α-hetero) is 1. The fourth-order valence-corrected chi connectivity index (χ4v) is 4.95. The maximum Gasteiger partial charge on any atom is 0.230 e. The molecular weight excluding hydrogens is 462 g/mol. The van der Waals surface area contributed by atoms with Gasteiger partial charge < -0.3 is 15.2 Å². The van der Waals surface area contributed by atoms with Gasteiger partial charge in [-0.1, -0.05) is 142 Å². The van der Waals surface area contributed by atoms with Crippen molar-refractivity contribution in [2.45, 2.75) is 162 Å². The van der Waals surface area contributed by atoms with Gasteiger partial charge in [0.25, 0.3) is 0 Å². The van der Waals surface area contributed by atoms with Crippen molar-refractivity contribution in [2.75, 3.05) is 26.4 Å². The van der Waals surface area contributed by atoms with Crippen molar-refractivity contribution in [3.05, 3.63) is 0 Å². The van der Waals surface area contributed by atoms with Gasteiger partial charge in [0.1, 0.15) is 5.78 Å². The second-order valence-electron chi connectivity index (χ2n) is 10.9. The number of amides is 1. The molecule has 0 aromatic heterocycles. The van der Waals surface area contributed by atoms with Crippen molar-refractivity contribution in [1.29, 1.82) is 0 Å². The molecule has 0 aromatic carbocycles. The van der Waals surface area contributed by atoms with Crippen LogP contribution < -0.4 is 5.32 Å². The molecule has 220 valence electrons. The third kappa shape index (κ3) is 25.1. The third-order valence-electron chi connectivity index (χ3n) is 7.36. The maximum atomic E-state index is 12.9. The molecule has 5 heteroatoms. The first-order valence-corrected chi connectivity index (χ1v) is 16.2. The Morgan fingerprint density at radius 2 is 1.05 bits per heavy atom. The highest BCUT2D eigenvalue weighted by Gasteiger charge is 2.25. The minimum atomic E-state index is -0.519. The lowest BCUT2D eigenvalue weighted by Gasteiger charge is -2.16. The number of ketones is 1. The van der Waals surface area contributed by atoms with Gasteiger partial charge >= 0.3 is 0 Å². The predicted molar refractivity (Wildman–Crippen MR) is 157 cm³/mol. The Bertz CT molecular complexity index is 497. The molecule has 0 aliphatic rings. The van der Waals surface area contributed by atoms with E-state index >= 15 is 0 Å². The fourth-order valence-electron chi connectivity index (χ4n) is 4.95. The molecule has 1 unspecified atom stereocenters. The van der Waals surface area contributed by atoms with E-state index in [0.717, 1.165) is 25.7 Å². The summed E-state index contributed by atoms with van der Waals surface area (Å²) in [5.74, 6) is -0.549. The topological polar surface area (TPSA) is 75.6 Å². The standard InChI is InChI=1S/C32H63NO4/c1-3-5-7-9-11-13-15-17-19-21-23-25-31(35)30(32(36)33-26-28-37-29-27-34)24-22-20-18-16-14-12-10-8-6-4-2/h30,34H,3-29H2,1-2H3,(H,33,36). The van der Waals surface area contributed by atoms with Crippen LogP contribution in [0.2, 0.25) is 0 Å². The predicted octanol–water partition coefficient (Wildman–Crippen LogP) is 8.31. The van der Waals surface area contributed by atoms with Crippen LogP contribution in [0.4, 0.5) is 0 Å². The van der Waals surface area contributed by atoms with Crippen LogP contribution in [0.3, 0.4) is 0 Å². The van der Waals surface area contributed by atoms with E-state index in [4.69, 9.17) is 9.84 Å². The van der Waals surface area contributed by atoms with Crippen molar-refractivity contribution < 1.29 is 19.4 Å². The van der Waals surface area contributed by atoms with Gasteiger partial charge in [0.2, 0.25) is 5.91 Å². The number of rotatable bonds is 30. The summed E-state index contributed by atoms with van der Waals surface area (Å²) in [6.45, 7) is 5.51. The molecule has 0 heterocycles. The highest BCUT2D eigenvalue weighted by molar-refractivity contribution is 6.01. The molecule has 0 saturated heterocycles. The van der Waals surface area contributed by atoms with E-state index in [1.54, 1.807) is 0 Å². The summed E-state index contributed by atoms with van der Waals surface area (Å²) in [4.78, 5) is 25.7. The number of carbonyl (C=O) groups is 2. The molecule has 1 amide bonds. The summed E-state index contributed by atoms with van der Waals surface area (Å²) in [6, 6.07) is 0. The summed E-state index contributed by atoms with van der Waals surface area (Å²) < 4.78 is 5.23. The molecule has 0 fully saturated rings. The number of aliphatic hydroxyl groups is 1. The average molecular weight is 526 g/mol. The van der Waals surface area contributed by atoms with Crippen LogP contribution in [-0.2, 0) is 14.3 Å². The third-order valence-corrected chi connectivity index (χ3v) is 7.36. The van der Waals surface area contributed by atoms with Gasteiger partial charge in [0.05, 0.1) is 25.7 Å². The molecule has 0 bridgehead atoms. The molecular formula is C32H63NO4. The first-order valence-electron chi connectivity index (χ1n) is 16.2. The number of unbranched alkanes of at least 4 members (excludes halogenated alkanes) is 19. The second kappa shape index (κ2) is 29.6. The molecule has 37 heavy (non-hydrogen) atoms. The molecule has 5 nitrogen and oxygen atoms in total. The summed E-state index contributed by atoms with van der Waals surface area (Å²) in [5, 5.41) is 11.7. The van der Waals surface area contributed by atoms with Crippen LogP contribution in [-0.4, -0.2) is 43.2 Å². The SMILES string of the molecule is CCCCCCCCCCCCCC(=O)C(CCCCCCCCCCCC)C(=O)NCCOCCO. The first kappa shape index (κ1) is 36.1. The molecule has 0 rings (SSSR count). The minimum Gasteiger partial charge on any atom is -0.394 e. The Hall–Kier alpha value is -0.940. The van der Waals surface area contributed by atoms with Gasteiger partial charge in [-0.15, -0.1) is 0 Å². The number of carbonyl (C=O) groups excluding carboxylic acids is 2. The monoisotopic (exact) mass is 525 g/mol. The lowest BCUT2D eigenvalue weighted by Crippen LogP contribution is -2.37. The molecule has 0 aliphatic carbocycles. The Kier molecular flexibility index (Phi) is 28.9. The van der Waals surface area contributed by atoms with E-state index in [0.29, 0.717) is 26.0 Å². The Morgan fingerprint density at radius 1 is 0.622 bits per heavy atom. The van der Waals surface area contributed by atoms with Crippen molar-refractivity contribution in [3.8, 4) is 0 Å². The van der Waals surface area contributed by atoms with Crippen molar-refractivity contribution in [3.63, 3.8) is 0 Å². The van der Waals surface area contributed by atoms with Crippen LogP contribution >= 0.6 is 0 Å². The van der Waals surface area contributed by atoms with E-state index in [9.17, 15) is 9.59 Å². The quantitative estimate of drug-likeness (QED) is 0.0730. The summed E-state index contributed by atoms with van der Waals surface area (Å²) in [7, 11) is 0. The molecule has 0 radical (unpaired) electrons. The lowest BCUT2D eigenvalue weighted by molar-refractivity contribution is -0.134. The highest BCUT2D eigenvalue weighted by Crippen LogP contribution is 2.18. The summed E-state index contributed by atoms with van der Waals surface area (Å²) in [6.07, 6.45) is 27.6. The molecule has 0 aliphatic heterocycles. The number of hydrogen-bond donors (Lipinski definition) is 2. The molecule has 0 spiro atoms. The van der Waals surface area contributed by atoms with E-state index in [2.05, 4.69) is 19.2 Å². The number of hydrogen-bond acceptors (Lipinski definition) is 4.